The van der Waals surface area contributed by atoms with Crippen molar-refractivity contribution in [2.75, 3.05) is 40.0 Å². The predicted octanol–water partition coefficient (Wildman–Crippen LogP) is 5.08. The lowest BCUT2D eigenvalue weighted by Crippen LogP contribution is -2.46. The highest BCUT2D eigenvalue weighted by Gasteiger charge is 2.37. The number of halogens is 3. The molecule has 12 heteroatoms. The number of morpholine rings is 1. The zero-order valence-electron chi connectivity index (χ0n) is 19.1. The summed E-state index contributed by atoms with van der Waals surface area (Å²) in [5.41, 5.74) is 1.50. The molecule has 2 saturated heterocycles. The van der Waals surface area contributed by atoms with Gasteiger partial charge in [0, 0.05) is 13.1 Å². The van der Waals surface area contributed by atoms with E-state index >= 15 is 0 Å². The van der Waals surface area contributed by atoms with Gasteiger partial charge >= 0.3 is 0 Å². The van der Waals surface area contributed by atoms with E-state index in [1.165, 1.54) is 7.11 Å². The topological polar surface area (TPSA) is 85.4 Å². The van der Waals surface area contributed by atoms with E-state index in [0.29, 0.717) is 53.4 Å². The Morgan fingerprint density at radius 1 is 1.17 bits per heavy atom. The van der Waals surface area contributed by atoms with E-state index in [1.807, 2.05) is 12.1 Å². The van der Waals surface area contributed by atoms with Gasteiger partial charge in [-0.25, -0.2) is 0 Å². The quantitative estimate of drug-likeness (QED) is 0.302. The Hall–Kier alpha value is -1.99. The second-order valence-corrected chi connectivity index (χ2v) is 10.8. The summed E-state index contributed by atoms with van der Waals surface area (Å²) in [5.74, 6) is 0.225. The lowest BCUT2D eigenvalue weighted by Gasteiger charge is -2.28. The van der Waals surface area contributed by atoms with Gasteiger partial charge < -0.3 is 19.1 Å². The number of rotatable bonds is 7. The molecule has 0 unspecified atom stereocenters. The summed E-state index contributed by atoms with van der Waals surface area (Å²) in [6.45, 7) is 1.75. The summed E-state index contributed by atoms with van der Waals surface area (Å²) in [4.78, 5) is 40.7. The van der Waals surface area contributed by atoms with Crippen molar-refractivity contribution in [2.45, 2.75) is 6.61 Å². The van der Waals surface area contributed by atoms with Crippen LogP contribution >= 0.6 is 57.6 Å². The molecule has 4 rings (SSSR count). The normalized spacial score (nSPS) is 17.2. The summed E-state index contributed by atoms with van der Waals surface area (Å²) >= 11 is 15.0. The number of carbonyl (C=O) groups excluding carboxylic acids is 3. The molecule has 2 aromatic rings. The van der Waals surface area contributed by atoms with Gasteiger partial charge in [0.25, 0.3) is 11.1 Å². The maximum atomic E-state index is 12.9. The number of benzene rings is 2. The number of ether oxygens (including phenoxy) is 3. The molecular weight excluding hydrogens is 642 g/mol. The molecule has 3 amide bonds. The molecule has 0 bridgehead atoms. The van der Waals surface area contributed by atoms with Crippen LogP contribution in [0.25, 0.3) is 6.08 Å². The van der Waals surface area contributed by atoms with Gasteiger partial charge in [0.15, 0.2) is 11.5 Å². The van der Waals surface area contributed by atoms with Crippen LogP contribution in [0.4, 0.5) is 4.79 Å². The largest absolute Gasteiger partial charge is 0.493 e. The smallest absolute Gasteiger partial charge is 0.294 e. The molecule has 0 N–H and O–H groups in total. The summed E-state index contributed by atoms with van der Waals surface area (Å²) in [6.07, 6.45) is 1.61. The van der Waals surface area contributed by atoms with Crippen molar-refractivity contribution in [2.24, 2.45) is 0 Å². The van der Waals surface area contributed by atoms with E-state index in [9.17, 15) is 14.4 Å². The fourth-order valence-electron chi connectivity index (χ4n) is 3.58. The fraction of sp³-hybridized carbons (Fsp3) is 0.292. The second-order valence-electron chi connectivity index (χ2n) is 7.83. The number of methoxy groups -OCH3 is 1. The number of amides is 3. The van der Waals surface area contributed by atoms with Gasteiger partial charge in [0.1, 0.15) is 13.2 Å². The van der Waals surface area contributed by atoms with E-state index in [2.05, 4.69) is 22.6 Å². The zero-order valence-corrected chi connectivity index (χ0v) is 23.6. The van der Waals surface area contributed by atoms with Crippen molar-refractivity contribution in [3.8, 4) is 11.5 Å². The van der Waals surface area contributed by atoms with Gasteiger partial charge in [0.2, 0.25) is 5.91 Å². The van der Waals surface area contributed by atoms with Crippen molar-refractivity contribution >= 4 is 80.7 Å². The first-order valence-corrected chi connectivity index (χ1v) is 13.5. The first-order chi connectivity index (χ1) is 17.3. The molecule has 2 aliphatic heterocycles. The summed E-state index contributed by atoms with van der Waals surface area (Å²) < 4.78 is 17.5. The fourth-order valence-corrected chi connectivity index (χ4v) is 5.52. The van der Waals surface area contributed by atoms with Crippen LogP contribution in [0.3, 0.4) is 0 Å². The minimum absolute atomic E-state index is 0.233. The minimum Gasteiger partial charge on any atom is -0.493 e. The number of hydrogen-bond donors (Lipinski definition) is 0. The van der Waals surface area contributed by atoms with Crippen LogP contribution in [0, 0.1) is 3.57 Å². The van der Waals surface area contributed by atoms with Gasteiger partial charge in [-0.15, -0.1) is 0 Å². The highest BCUT2D eigenvalue weighted by atomic mass is 127. The molecule has 0 spiro atoms. The van der Waals surface area contributed by atoms with Crippen molar-refractivity contribution in [1.29, 1.82) is 0 Å². The third kappa shape index (κ3) is 6.28. The Kier molecular flexibility index (Phi) is 9.05. The van der Waals surface area contributed by atoms with E-state index < -0.39 is 11.1 Å². The molecule has 0 aliphatic carbocycles. The molecule has 8 nitrogen and oxygen atoms in total. The molecule has 190 valence electrons. The van der Waals surface area contributed by atoms with Crippen LogP contribution in [0.1, 0.15) is 11.1 Å². The molecule has 2 fully saturated rings. The molecular formula is C24H21Cl2IN2O6S. The predicted molar refractivity (Wildman–Crippen MR) is 147 cm³/mol. The van der Waals surface area contributed by atoms with Crippen LogP contribution in [0.2, 0.25) is 10.0 Å². The average Bonchev–Trinajstić information content (AvgIpc) is 3.12. The number of thioether (sulfide) groups is 1. The molecule has 0 aromatic heterocycles. The highest BCUT2D eigenvalue weighted by Crippen LogP contribution is 2.38. The Bertz CT molecular complexity index is 1240. The Morgan fingerprint density at radius 3 is 2.61 bits per heavy atom. The molecule has 0 saturated carbocycles. The Balaban J connectivity index is 1.48. The van der Waals surface area contributed by atoms with Gasteiger partial charge in [-0.3, -0.25) is 19.3 Å². The van der Waals surface area contributed by atoms with E-state index in [-0.39, 0.29) is 24.0 Å². The highest BCUT2D eigenvalue weighted by molar-refractivity contribution is 14.1. The van der Waals surface area contributed by atoms with Crippen LogP contribution in [-0.2, 0) is 20.9 Å². The summed E-state index contributed by atoms with van der Waals surface area (Å²) in [5, 5.41) is 0.429. The second kappa shape index (κ2) is 12.0. The van der Waals surface area contributed by atoms with Gasteiger partial charge in [0.05, 0.1) is 38.8 Å². The molecule has 0 atom stereocenters. The number of hydrogen-bond acceptors (Lipinski definition) is 7. The minimum atomic E-state index is -0.500. The maximum Gasteiger partial charge on any atom is 0.294 e. The Labute approximate surface area is 236 Å². The van der Waals surface area contributed by atoms with Crippen LogP contribution in [-0.4, -0.2) is 66.8 Å². The lowest BCUT2D eigenvalue weighted by molar-refractivity contribution is -0.139. The number of carbonyl (C=O) groups is 3. The molecule has 2 aromatic carbocycles. The average molecular weight is 663 g/mol. The SMILES string of the molecule is COc1cc(/C=C2/SC(=O)N(CC(=O)N3CCOCC3)C2=O)cc(I)c1OCc1ccc(Cl)c(Cl)c1. The first kappa shape index (κ1) is 27.1. The Morgan fingerprint density at radius 2 is 1.92 bits per heavy atom. The lowest BCUT2D eigenvalue weighted by atomic mass is 10.1. The molecule has 2 aliphatic rings. The summed E-state index contributed by atoms with van der Waals surface area (Å²) in [6, 6.07) is 8.80. The van der Waals surface area contributed by atoms with E-state index in [4.69, 9.17) is 37.4 Å². The number of nitrogens with zero attached hydrogens (tertiary/aromatic N) is 2. The maximum absolute atomic E-state index is 12.9. The van der Waals surface area contributed by atoms with Crippen molar-refractivity contribution in [3.63, 3.8) is 0 Å². The monoisotopic (exact) mass is 662 g/mol. The standard InChI is InChI=1S/C24H21Cl2IN2O6S/c1-33-19-10-15(9-18(27)22(19)35-13-14-2-3-16(25)17(26)8-14)11-20-23(31)29(24(32)36-20)12-21(30)28-4-6-34-7-5-28/h2-3,8-11H,4-7,12-13H2,1H3/b20-11+. The van der Waals surface area contributed by atoms with Gasteiger partial charge in [-0.2, -0.15) is 0 Å². The van der Waals surface area contributed by atoms with Crippen molar-refractivity contribution in [1.82, 2.24) is 9.80 Å². The van der Waals surface area contributed by atoms with Gasteiger partial charge in [-0.1, -0.05) is 29.3 Å². The van der Waals surface area contributed by atoms with E-state index in [0.717, 1.165) is 25.8 Å². The number of imide groups is 1. The van der Waals surface area contributed by atoms with Crippen molar-refractivity contribution < 1.29 is 28.6 Å². The van der Waals surface area contributed by atoms with Gasteiger partial charge in [-0.05, 0) is 75.8 Å². The zero-order chi connectivity index (χ0) is 25.8. The van der Waals surface area contributed by atoms with Crippen molar-refractivity contribution in [3.05, 3.63) is 60.0 Å². The third-order valence-corrected chi connectivity index (χ3v) is 7.90. The molecule has 36 heavy (non-hydrogen) atoms. The van der Waals surface area contributed by atoms with E-state index in [1.54, 1.807) is 29.2 Å². The molecule has 0 radical (unpaired) electrons. The third-order valence-electron chi connectivity index (χ3n) is 5.45. The van der Waals surface area contributed by atoms with Crippen LogP contribution in [0.5, 0.6) is 11.5 Å². The first-order valence-electron chi connectivity index (χ1n) is 10.8. The molecule has 2 heterocycles. The van der Waals surface area contributed by atoms with Crippen LogP contribution < -0.4 is 9.47 Å². The summed E-state index contributed by atoms with van der Waals surface area (Å²) in [7, 11) is 1.52. The van der Waals surface area contributed by atoms with Crippen LogP contribution in [0.15, 0.2) is 35.2 Å².